The third kappa shape index (κ3) is 4.33. The van der Waals surface area contributed by atoms with Crippen molar-refractivity contribution in [3.63, 3.8) is 0 Å². The monoisotopic (exact) mass is 565 g/mol. The van der Waals surface area contributed by atoms with Gasteiger partial charge in [-0.15, -0.1) is 0 Å². The van der Waals surface area contributed by atoms with Crippen molar-refractivity contribution in [2.24, 2.45) is 5.41 Å². The number of hydrogen-bond donors (Lipinski definition) is 1. The first-order chi connectivity index (χ1) is 19.1. The SMILES string of the molecule is C=CC(=O)N1CC2(CC(n3nc(N4CCN(CCOC)CC4(C)C)c(-c4c(Cl)c(C)cc5[nH]ncc45)c3C)C2)C1. The van der Waals surface area contributed by atoms with Crippen LogP contribution in [0.1, 0.15) is 44.0 Å². The second-order valence-electron chi connectivity index (χ2n) is 12.6. The molecule has 9 nitrogen and oxygen atoms in total. The van der Waals surface area contributed by atoms with Crippen molar-refractivity contribution in [3.8, 4) is 11.1 Å². The number of hydrogen-bond acceptors (Lipinski definition) is 6. The Kier molecular flexibility index (Phi) is 6.75. The topological polar surface area (TPSA) is 82.5 Å². The fourth-order valence-corrected chi connectivity index (χ4v) is 7.52. The van der Waals surface area contributed by atoms with Crippen LogP contribution in [-0.4, -0.2) is 94.2 Å². The van der Waals surface area contributed by atoms with Crippen molar-refractivity contribution in [3.05, 3.63) is 41.2 Å². The van der Waals surface area contributed by atoms with Gasteiger partial charge < -0.3 is 14.5 Å². The van der Waals surface area contributed by atoms with Gasteiger partial charge in [0, 0.05) is 79.5 Å². The summed E-state index contributed by atoms with van der Waals surface area (Å²) in [6.45, 7) is 18.5. The molecule has 1 N–H and O–H groups in total. The van der Waals surface area contributed by atoms with Gasteiger partial charge in [-0.3, -0.25) is 19.5 Å². The highest BCUT2D eigenvalue weighted by Crippen LogP contribution is 2.55. The number of methoxy groups -OCH3 is 1. The molecule has 2 saturated heterocycles. The molecule has 1 aliphatic carbocycles. The number of piperazine rings is 1. The number of fused-ring (bicyclic) bond motifs is 1. The van der Waals surface area contributed by atoms with Gasteiger partial charge in [0.05, 0.1) is 29.4 Å². The maximum Gasteiger partial charge on any atom is 0.245 e. The summed E-state index contributed by atoms with van der Waals surface area (Å²) in [5.41, 5.74) is 5.27. The zero-order valence-electron chi connectivity index (χ0n) is 24.3. The first-order valence-corrected chi connectivity index (χ1v) is 14.6. The molecule has 2 aliphatic heterocycles. The molecule has 0 atom stereocenters. The molecule has 10 heteroatoms. The number of aromatic nitrogens is 4. The fraction of sp³-hybridized carbons (Fsp3) is 0.567. The molecule has 1 aromatic carbocycles. The molecular formula is C30H40ClN7O2. The summed E-state index contributed by atoms with van der Waals surface area (Å²) in [6, 6.07) is 2.36. The maximum absolute atomic E-state index is 12.0. The molecule has 3 aliphatic rings. The van der Waals surface area contributed by atoms with Crippen LogP contribution in [-0.2, 0) is 9.53 Å². The van der Waals surface area contributed by atoms with E-state index < -0.39 is 0 Å². The summed E-state index contributed by atoms with van der Waals surface area (Å²) in [6.07, 6.45) is 5.33. The number of carbonyl (C=O) groups excluding carboxylic acids is 1. The van der Waals surface area contributed by atoms with Crippen LogP contribution >= 0.6 is 11.6 Å². The Morgan fingerprint density at radius 2 is 1.98 bits per heavy atom. The number of anilines is 1. The first-order valence-electron chi connectivity index (χ1n) is 14.2. The molecule has 0 radical (unpaired) electrons. The largest absolute Gasteiger partial charge is 0.383 e. The Hall–Kier alpha value is -2.88. The van der Waals surface area contributed by atoms with E-state index in [1.54, 1.807) is 7.11 Å². The van der Waals surface area contributed by atoms with Gasteiger partial charge in [-0.25, -0.2) is 0 Å². The van der Waals surface area contributed by atoms with E-state index in [2.05, 4.69) is 58.1 Å². The lowest BCUT2D eigenvalue weighted by Crippen LogP contribution is -2.63. The zero-order valence-corrected chi connectivity index (χ0v) is 25.0. The van der Waals surface area contributed by atoms with E-state index in [9.17, 15) is 4.79 Å². The molecule has 2 aromatic heterocycles. The average Bonchev–Trinajstić information content (AvgIpc) is 3.45. The molecule has 1 saturated carbocycles. The lowest BCUT2D eigenvalue weighted by atomic mass is 9.60. The number of aryl methyl sites for hydroxylation is 1. The fourth-order valence-electron chi connectivity index (χ4n) is 7.26. The van der Waals surface area contributed by atoms with Gasteiger partial charge >= 0.3 is 0 Å². The Balaban J connectivity index is 1.40. The lowest BCUT2D eigenvalue weighted by Gasteiger charge is -2.58. The van der Waals surface area contributed by atoms with Crippen molar-refractivity contribution in [1.29, 1.82) is 0 Å². The zero-order chi connectivity index (χ0) is 28.4. The minimum atomic E-state index is -0.140. The number of carbonyl (C=O) groups is 1. The van der Waals surface area contributed by atoms with Crippen LogP contribution < -0.4 is 4.90 Å². The quantitative estimate of drug-likeness (QED) is 0.422. The van der Waals surface area contributed by atoms with Crippen LogP contribution in [0.5, 0.6) is 0 Å². The molecule has 0 unspecified atom stereocenters. The second kappa shape index (κ2) is 9.89. The predicted octanol–water partition coefficient (Wildman–Crippen LogP) is 4.59. The normalized spacial score (nSPS) is 20.6. The van der Waals surface area contributed by atoms with Crippen molar-refractivity contribution in [2.45, 2.75) is 52.1 Å². The Labute approximate surface area is 241 Å². The number of benzene rings is 1. The summed E-state index contributed by atoms with van der Waals surface area (Å²) in [4.78, 5) is 18.9. The summed E-state index contributed by atoms with van der Waals surface area (Å²) >= 11 is 7.11. The number of halogens is 1. The van der Waals surface area contributed by atoms with Crippen LogP contribution in [0.25, 0.3) is 22.0 Å². The van der Waals surface area contributed by atoms with Crippen molar-refractivity contribution >= 4 is 34.2 Å². The van der Waals surface area contributed by atoms with Crippen LogP contribution in [0.2, 0.25) is 5.02 Å². The molecular weight excluding hydrogens is 526 g/mol. The third-order valence-electron chi connectivity index (χ3n) is 9.32. The predicted molar refractivity (Wildman–Crippen MR) is 159 cm³/mol. The number of ether oxygens (including phenoxy) is 1. The summed E-state index contributed by atoms with van der Waals surface area (Å²) in [5.74, 6) is 1.01. The molecule has 1 amide bonds. The van der Waals surface area contributed by atoms with Crippen LogP contribution in [0.4, 0.5) is 5.82 Å². The van der Waals surface area contributed by atoms with E-state index in [0.29, 0.717) is 6.04 Å². The van der Waals surface area contributed by atoms with E-state index in [-0.39, 0.29) is 16.9 Å². The molecule has 6 rings (SSSR count). The van der Waals surface area contributed by atoms with Gasteiger partial charge in [-0.05, 0) is 58.2 Å². The van der Waals surface area contributed by atoms with Gasteiger partial charge in [0.2, 0.25) is 5.91 Å². The highest BCUT2D eigenvalue weighted by atomic mass is 35.5. The standard InChI is InChI=1S/C30H40ClN7O2/c1-7-24(39)36-17-30(18-36)13-21(14-30)38-20(3)25(26-22-15-32-33-23(22)12-19(2)27(26)31)28(34-38)37-9-8-35(10-11-40-6)16-29(37,4)5/h7,12,15,21H,1,8-11,13-14,16-18H2,2-6H3,(H,32,33). The molecule has 3 aromatic rings. The molecule has 40 heavy (non-hydrogen) atoms. The number of aromatic amines is 1. The maximum atomic E-state index is 12.0. The number of nitrogens with zero attached hydrogens (tertiary/aromatic N) is 6. The van der Waals surface area contributed by atoms with E-state index in [1.807, 2.05) is 18.0 Å². The highest BCUT2D eigenvalue weighted by molar-refractivity contribution is 6.36. The minimum Gasteiger partial charge on any atom is -0.383 e. The second-order valence-corrected chi connectivity index (χ2v) is 13.0. The van der Waals surface area contributed by atoms with Crippen molar-refractivity contribution in [2.75, 3.05) is 57.9 Å². The molecule has 1 spiro atoms. The first kappa shape index (κ1) is 27.3. The van der Waals surface area contributed by atoms with Crippen LogP contribution in [0.15, 0.2) is 24.9 Å². The summed E-state index contributed by atoms with van der Waals surface area (Å²) in [7, 11) is 1.76. The molecule has 0 bridgehead atoms. The van der Waals surface area contributed by atoms with Gasteiger partial charge in [0.25, 0.3) is 0 Å². The van der Waals surface area contributed by atoms with Gasteiger partial charge in [0.15, 0.2) is 5.82 Å². The van der Waals surface area contributed by atoms with Crippen LogP contribution in [0.3, 0.4) is 0 Å². The Morgan fingerprint density at radius 3 is 2.65 bits per heavy atom. The minimum absolute atomic E-state index is 0.0269. The lowest BCUT2D eigenvalue weighted by molar-refractivity contribution is -0.149. The number of nitrogens with one attached hydrogen (secondary N) is 1. The van der Waals surface area contributed by atoms with E-state index >= 15 is 0 Å². The number of rotatable bonds is 7. The van der Waals surface area contributed by atoms with Crippen molar-refractivity contribution in [1.82, 2.24) is 29.8 Å². The average molecular weight is 566 g/mol. The number of amides is 1. The Morgan fingerprint density at radius 1 is 1.23 bits per heavy atom. The van der Waals surface area contributed by atoms with E-state index in [0.717, 1.165) is 103 Å². The Bertz CT molecular complexity index is 1460. The van der Waals surface area contributed by atoms with Crippen molar-refractivity contribution < 1.29 is 9.53 Å². The highest BCUT2D eigenvalue weighted by Gasteiger charge is 2.54. The number of likely N-dealkylation sites (tertiary alicyclic amines) is 1. The third-order valence-corrected chi connectivity index (χ3v) is 9.80. The van der Waals surface area contributed by atoms with E-state index in [4.69, 9.17) is 21.4 Å². The van der Waals surface area contributed by atoms with Crippen LogP contribution in [0, 0.1) is 19.3 Å². The smallest absolute Gasteiger partial charge is 0.245 e. The van der Waals surface area contributed by atoms with Gasteiger partial charge in [-0.1, -0.05) is 18.2 Å². The van der Waals surface area contributed by atoms with Gasteiger partial charge in [-0.2, -0.15) is 10.2 Å². The number of H-pyrrole nitrogens is 1. The molecule has 214 valence electrons. The molecule has 3 fully saturated rings. The van der Waals surface area contributed by atoms with Gasteiger partial charge in [0.1, 0.15) is 0 Å². The molecule has 4 heterocycles. The summed E-state index contributed by atoms with van der Waals surface area (Å²) in [5, 5.41) is 14.7. The summed E-state index contributed by atoms with van der Waals surface area (Å²) < 4.78 is 7.60. The van der Waals surface area contributed by atoms with E-state index in [1.165, 1.54) is 6.08 Å².